The molecule has 0 spiro atoms. The molecule has 0 N–H and O–H groups in total. The van der Waals surface area contributed by atoms with Crippen LogP contribution in [0.4, 0.5) is 4.39 Å². The Morgan fingerprint density at radius 3 is 2.32 bits per heavy atom. The van der Waals surface area contributed by atoms with E-state index in [1.165, 1.54) is 22.7 Å². The fourth-order valence-electron chi connectivity index (χ4n) is 3.93. The molecule has 2 aliphatic heterocycles. The van der Waals surface area contributed by atoms with Crippen LogP contribution in [0.2, 0.25) is 0 Å². The zero-order valence-corrected chi connectivity index (χ0v) is 17.5. The van der Waals surface area contributed by atoms with Gasteiger partial charge in [0.15, 0.2) is 0 Å². The molecule has 0 bridgehead atoms. The van der Waals surface area contributed by atoms with Crippen molar-refractivity contribution in [2.24, 2.45) is 5.10 Å². The molecule has 162 valence electrons. The molecule has 0 radical (unpaired) electrons. The molecule has 2 aliphatic rings. The Morgan fingerprint density at radius 2 is 1.61 bits per heavy atom. The summed E-state index contributed by atoms with van der Waals surface area (Å²) in [5, 5.41) is 5.69. The van der Waals surface area contributed by atoms with Gasteiger partial charge in [-0.05, 0) is 29.7 Å². The minimum atomic E-state index is -0.323. The average Bonchev–Trinajstić information content (AvgIpc) is 2.81. The molecule has 1 fully saturated rings. The highest BCUT2D eigenvalue weighted by Gasteiger charge is 2.29. The number of piperazine rings is 1. The normalized spacial score (nSPS) is 17.6. The fourth-order valence-corrected chi connectivity index (χ4v) is 3.93. The number of amides is 2. The number of nitrogens with zero attached hydrogens (tertiary/aromatic N) is 4. The van der Waals surface area contributed by atoms with Crippen molar-refractivity contribution in [3.8, 4) is 0 Å². The maximum Gasteiger partial charge on any atom is 0.270 e. The van der Waals surface area contributed by atoms with E-state index in [1.807, 2.05) is 11.0 Å². The third kappa shape index (κ3) is 5.55. The minimum Gasteiger partial charge on any atom is -0.335 e. The van der Waals surface area contributed by atoms with Crippen LogP contribution >= 0.6 is 0 Å². The lowest BCUT2D eigenvalue weighted by atomic mass is 10.1. The number of carbonyl (C=O) groups excluding carboxylic acids is 2. The van der Waals surface area contributed by atoms with Gasteiger partial charge in [-0.25, -0.2) is 9.40 Å². The summed E-state index contributed by atoms with van der Waals surface area (Å²) in [7, 11) is 0. The van der Waals surface area contributed by atoms with E-state index < -0.39 is 0 Å². The molecule has 2 amide bonds. The molecule has 0 saturated carbocycles. The minimum absolute atomic E-state index is 0.0840. The third-order valence-corrected chi connectivity index (χ3v) is 5.82. The Morgan fingerprint density at radius 1 is 0.903 bits per heavy atom. The van der Waals surface area contributed by atoms with E-state index in [2.05, 4.69) is 34.3 Å². The summed E-state index contributed by atoms with van der Waals surface area (Å²) in [5.41, 5.74) is 2.53. The van der Waals surface area contributed by atoms with Crippen LogP contribution in [-0.2, 0) is 22.6 Å². The zero-order valence-electron chi connectivity index (χ0n) is 17.5. The smallest absolute Gasteiger partial charge is 0.270 e. The van der Waals surface area contributed by atoms with Gasteiger partial charge in [0.05, 0.1) is 6.54 Å². The van der Waals surface area contributed by atoms with Crippen molar-refractivity contribution in [2.45, 2.75) is 25.8 Å². The predicted octanol–water partition coefficient (Wildman–Crippen LogP) is 2.69. The molecule has 31 heavy (non-hydrogen) atoms. The molecule has 7 heteroatoms. The SMILES string of the molecule is O=C(C1=NN(Cc2ccc(F)cc2)C(=O)CC1)N1CCN(CCc2ccccc2)CC1. The van der Waals surface area contributed by atoms with Crippen molar-refractivity contribution < 1.29 is 14.0 Å². The molecular formula is C24H27FN4O2. The number of carbonyl (C=O) groups is 2. The van der Waals surface area contributed by atoms with Gasteiger partial charge >= 0.3 is 0 Å². The van der Waals surface area contributed by atoms with Gasteiger partial charge in [0.2, 0.25) is 5.91 Å². The Kier molecular flexibility index (Phi) is 6.72. The Bertz CT molecular complexity index is 938. The summed E-state index contributed by atoms with van der Waals surface area (Å²) in [6.45, 7) is 4.22. The van der Waals surface area contributed by atoms with E-state index >= 15 is 0 Å². The average molecular weight is 423 g/mol. The highest BCUT2D eigenvalue weighted by atomic mass is 19.1. The highest BCUT2D eigenvalue weighted by molar-refractivity contribution is 6.39. The van der Waals surface area contributed by atoms with Crippen LogP contribution in [0.15, 0.2) is 59.7 Å². The lowest BCUT2D eigenvalue weighted by Gasteiger charge is -2.35. The Labute approximate surface area is 181 Å². The lowest BCUT2D eigenvalue weighted by Crippen LogP contribution is -2.51. The van der Waals surface area contributed by atoms with Gasteiger partial charge < -0.3 is 4.90 Å². The number of hydrogen-bond acceptors (Lipinski definition) is 4. The summed E-state index contributed by atoms with van der Waals surface area (Å²) in [6, 6.07) is 16.4. The number of benzene rings is 2. The first-order chi connectivity index (χ1) is 15.1. The quantitative estimate of drug-likeness (QED) is 0.719. The lowest BCUT2D eigenvalue weighted by molar-refractivity contribution is -0.132. The summed E-state index contributed by atoms with van der Waals surface area (Å²) < 4.78 is 13.1. The molecule has 2 aromatic rings. The molecule has 2 heterocycles. The van der Waals surface area contributed by atoms with E-state index in [0.29, 0.717) is 25.2 Å². The van der Waals surface area contributed by atoms with Gasteiger partial charge in [-0.2, -0.15) is 5.10 Å². The number of rotatable bonds is 6. The van der Waals surface area contributed by atoms with Gasteiger partial charge in [0, 0.05) is 45.6 Å². The summed E-state index contributed by atoms with van der Waals surface area (Å²) in [5.74, 6) is -0.526. The van der Waals surface area contributed by atoms with Crippen LogP contribution in [0.3, 0.4) is 0 Å². The predicted molar refractivity (Wildman–Crippen MR) is 117 cm³/mol. The topological polar surface area (TPSA) is 56.2 Å². The molecule has 2 aromatic carbocycles. The molecule has 0 aromatic heterocycles. The first-order valence-electron chi connectivity index (χ1n) is 10.8. The summed E-state index contributed by atoms with van der Waals surface area (Å²) >= 11 is 0. The van der Waals surface area contributed by atoms with Crippen LogP contribution in [-0.4, -0.2) is 65.1 Å². The van der Waals surface area contributed by atoms with Crippen LogP contribution in [0, 0.1) is 5.82 Å². The molecule has 6 nitrogen and oxygen atoms in total. The van der Waals surface area contributed by atoms with Crippen molar-refractivity contribution in [3.05, 3.63) is 71.5 Å². The monoisotopic (exact) mass is 422 g/mol. The van der Waals surface area contributed by atoms with E-state index in [-0.39, 0.29) is 30.6 Å². The van der Waals surface area contributed by atoms with Crippen LogP contribution < -0.4 is 0 Å². The first kappa shape index (κ1) is 21.2. The maximum absolute atomic E-state index is 13.1. The summed E-state index contributed by atoms with van der Waals surface area (Å²) in [4.78, 5) is 29.4. The fraction of sp³-hybridized carbons (Fsp3) is 0.375. The van der Waals surface area contributed by atoms with Crippen LogP contribution in [0.1, 0.15) is 24.0 Å². The van der Waals surface area contributed by atoms with E-state index in [1.54, 1.807) is 12.1 Å². The van der Waals surface area contributed by atoms with Crippen molar-refractivity contribution in [2.75, 3.05) is 32.7 Å². The molecule has 0 atom stereocenters. The van der Waals surface area contributed by atoms with Gasteiger partial charge in [0.1, 0.15) is 11.5 Å². The largest absolute Gasteiger partial charge is 0.335 e. The van der Waals surface area contributed by atoms with E-state index in [4.69, 9.17) is 0 Å². The molecule has 1 saturated heterocycles. The molecule has 0 unspecified atom stereocenters. The molecule has 4 rings (SSSR count). The second kappa shape index (κ2) is 9.83. The van der Waals surface area contributed by atoms with E-state index in [9.17, 15) is 14.0 Å². The van der Waals surface area contributed by atoms with Crippen molar-refractivity contribution in [3.63, 3.8) is 0 Å². The Hall–Kier alpha value is -3.06. The van der Waals surface area contributed by atoms with Gasteiger partial charge in [-0.1, -0.05) is 42.5 Å². The number of hydrazone groups is 1. The van der Waals surface area contributed by atoms with Gasteiger partial charge in [-0.3, -0.25) is 14.5 Å². The molecular weight excluding hydrogens is 395 g/mol. The van der Waals surface area contributed by atoms with Crippen molar-refractivity contribution in [1.29, 1.82) is 0 Å². The van der Waals surface area contributed by atoms with Gasteiger partial charge in [0.25, 0.3) is 5.91 Å². The van der Waals surface area contributed by atoms with Gasteiger partial charge in [-0.15, -0.1) is 0 Å². The van der Waals surface area contributed by atoms with Crippen LogP contribution in [0.5, 0.6) is 0 Å². The van der Waals surface area contributed by atoms with E-state index in [0.717, 1.165) is 31.6 Å². The zero-order chi connectivity index (χ0) is 21.6. The standard InChI is InChI=1S/C24H27FN4O2/c25-21-8-6-20(7-9-21)18-29-23(30)11-10-22(26-29)24(31)28-16-14-27(15-17-28)13-12-19-4-2-1-3-5-19/h1-9H,10-18H2. The third-order valence-electron chi connectivity index (χ3n) is 5.82. The van der Waals surface area contributed by atoms with Crippen molar-refractivity contribution in [1.82, 2.24) is 14.8 Å². The maximum atomic E-state index is 13.1. The summed E-state index contributed by atoms with van der Waals surface area (Å²) in [6.07, 6.45) is 1.64. The Balaban J connectivity index is 1.31. The second-order valence-corrected chi connectivity index (χ2v) is 7.99. The first-order valence-corrected chi connectivity index (χ1v) is 10.8. The molecule has 0 aliphatic carbocycles. The highest BCUT2D eigenvalue weighted by Crippen LogP contribution is 2.16. The second-order valence-electron chi connectivity index (χ2n) is 7.99. The van der Waals surface area contributed by atoms with Crippen molar-refractivity contribution >= 4 is 17.5 Å². The number of hydrogen-bond donors (Lipinski definition) is 0. The number of halogens is 1. The van der Waals surface area contributed by atoms with Crippen LogP contribution in [0.25, 0.3) is 0 Å².